The number of rotatable bonds is 5. The third-order valence-electron chi connectivity index (χ3n) is 3.73. The lowest BCUT2D eigenvalue weighted by molar-refractivity contribution is 0.0996. The van der Waals surface area contributed by atoms with Gasteiger partial charge in [0, 0.05) is 17.4 Å². The van der Waals surface area contributed by atoms with E-state index in [-0.39, 0.29) is 0 Å². The molecule has 1 aromatic carbocycles. The molecule has 106 valence electrons. The van der Waals surface area contributed by atoms with Crippen LogP contribution in [-0.4, -0.2) is 42.0 Å². The summed E-state index contributed by atoms with van der Waals surface area (Å²) in [6, 6.07) is 7.51. The number of fused-ring (bicyclic) bond motifs is 1. The van der Waals surface area contributed by atoms with Crippen LogP contribution in [-0.2, 0) is 0 Å². The summed E-state index contributed by atoms with van der Waals surface area (Å²) >= 11 is 0. The van der Waals surface area contributed by atoms with Crippen molar-refractivity contribution >= 4 is 16.8 Å². The molecule has 0 radical (unpaired) electrons. The van der Waals surface area contributed by atoms with E-state index in [9.17, 15) is 4.79 Å². The number of primary amides is 1. The fraction of sp³-hybridized carbons (Fsp3) is 0.400. The minimum Gasteiger partial charge on any atom is -0.492 e. The van der Waals surface area contributed by atoms with Gasteiger partial charge in [-0.2, -0.15) is 0 Å². The minimum atomic E-state index is -0.447. The zero-order valence-corrected chi connectivity index (χ0v) is 11.4. The second-order valence-corrected chi connectivity index (χ2v) is 5.19. The highest BCUT2D eigenvalue weighted by molar-refractivity contribution is 5.97. The number of carbonyl (C=O) groups is 1. The maximum Gasteiger partial charge on any atom is 0.265 e. The predicted octanol–water partition coefficient (Wildman–Crippen LogP) is 1.74. The van der Waals surface area contributed by atoms with Gasteiger partial charge in [0.15, 0.2) is 0 Å². The topological polar surface area (TPSA) is 71.4 Å². The molecule has 0 atom stereocenters. The van der Waals surface area contributed by atoms with Crippen molar-refractivity contribution < 1.29 is 9.53 Å². The number of hydrogen-bond acceptors (Lipinski definition) is 3. The van der Waals surface area contributed by atoms with E-state index in [4.69, 9.17) is 10.5 Å². The van der Waals surface area contributed by atoms with Crippen LogP contribution in [0.1, 0.15) is 23.3 Å². The van der Waals surface area contributed by atoms with Gasteiger partial charge in [0.25, 0.3) is 5.91 Å². The molecule has 1 fully saturated rings. The lowest BCUT2D eigenvalue weighted by Gasteiger charge is -2.14. The molecule has 0 unspecified atom stereocenters. The normalized spacial score (nSPS) is 15.8. The molecular formula is C15H19N3O2. The SMILES string of the molecule is NC(=O)c1cc2cc(OCCN3CCCC3)ccc2[nH]1. The molecule has 2 heterocycles. The first-order chi connectivity index (χ1) is 9.72. The molecule has 1 aromatic heterocycles. The van der Waals surface area contributed by atoms with Crippen LogP contribution in [0.4, 0.5) is 0 Å². The molecule has 0 bridgehead atoms. The van der Waals surface area contributed by atoms with Gasteiger partial charge in [0.1, 0.15) is 18.1 Å². The lowest BCUT2D eigenvalue weighted by atomic mass is 10.2. The Balaban J connectivity index is 1.64. The van der Waals surface area contributed by atoms with Gasteiger partial charge < -0.3 is 15.5 Å². The van der Waals surface area contributed by atoms with Crippen LogP contribution in [0, 0.1) is 0 Å². The lowest BCUT2D eigenvalue weighted by Crippen LogP contribution is -2.25. The zero-order chi connectivity index (χ0) is 13.9. The zero-order valence-electron chi connectivity index (χ0n) is 11.4. The largest absolute Gasteiger partial charge is 0.492 e. The summed E-state index contributed by atoms with van der Waals surface area (Å²) in [6.45, 7) is 4.03. The maximum atomic E-state index is 11.1. The average molecular weight is 273 g/mol. The molecule has 5 heteroatoms. The van der Waals surface area contributed by atoms with E-state index in [1.54, 1.807) is 6.07 Å². The molecule has 1 saturated heterocycles. The van der Waals surface area contributed by atoms with Crippen LogP contribution in [0.25, 0.3) is 10.9 Å². The number of ether oxygens (including phenoxy) is 1. The van der Waals surface area contributed by atoms with Gasteiger partial charge in [-0.1, -0.05) is 0 Å². The van der Waals surface area contributed by atoms with E-state index < -0.39 is 5.91 Å². The Bertz CT molecular complexity index is 615. The van der Waals surface area contributed by atoms with Gasteiger partial charge in [-0.3, -0.25) is 9.69 Å². The second kappa shape index (κ2) is 5.54. The van der Waals surface area contributed by atoms with Crippen LogP contribution >= 0.6 is 0 Å². The molecule has 1 aliphatic heterocycles. The summed E-state index contributed by atoms with van der Waals surface area (Å²) in [7, 11) is 0. The van der Waals surface area contributed by atoms with E-state index in [1.165, 1.54) is 25.9 Å². The van der Waals surface area contributed by atoms with E-state index in [2.05, 4.69) is 9.88 Å². The highest BCUT2D eigenvalue weighted by Gasteiger charge is 2.11. The van der Waals surface area contributed by atoms with Gasteiger partial charge in [-0.15, -0.1) is 0 Å². The van der Waals surface area contributed by atoms with Crippen LogP contribution in [0.2, 0.25) is 0 Å². The van der Waals surface area contributed by atoms with Crippen molar-refractivity contribution in [3.63, 3.8) is 0 Å². The third kappa shape index (κ3) is 2.77. The Labute approximate surface area is 117 Å². The maximum absolute atomic E-state index is 11.1. The number of likely N-dealkylation sites (tertiary alicyclic amines) is 1. The Kier molecular flexibility index (Phi) is 3.60. The Morgan fingerprint density at radius 3 is 2.85 bits per heavy atom. The van der Waals surface area contributed by atoms with E-state index >= 15 is 0 Å². The van der Waals surface area contributed by atoms with Gasteiger partial charge >= 0.3 is 0 Å². The minimum absolute atomic E-state index is 0.425. The number of aromatic nitrogens is 1. The van der Waals surface area contributed by atoms with Crippen LogP contribution in [0.3, 0.4) is 0 Å². The highest BCUT2D eigenvalue weighted by Crippen LogP contribution is 2.21. The number of carbonyl (C=O) groups excluding carboxylic acids is 1. The number of H-pyrrole nitrogens is 1. The Morgan fingerprint density at radius 2 is 2.10 bits per heavy atom. The molecule has 5 nitrogen and oxygen atoms in total. The van der Waals surface area contributed by atoms with Crippen LogP contribution < -0.4 is 10.5 Å². The number of benzene rings is 1. The summed E-state index contributed by atoms with van der Waals surface area (Å²) in [5.74, 6) is 0.379. The third-order valence-corrected chi connectivity index (χ3v) is 3.73. The average Bonchev–Trinajstić information content (AvgIpc) is 3.06. The molecule has 20 heavy (non-hydrogen) atoms. The Morgan fingerprint density at radius 1 is 1.30 bits per heavy atom. The molecule has 2 aromatic rings. The van der Waals surface area contributed by atoms with Crippen LogP contribution in [0.15, 0.2) is 24.3 Å². The van der Waals surface area contributed by atoms with E-state index in [1.807, 2.05) is 18.2 Å². The summed E-state index contributed by atoms with van der Waals surface area (Å²) in [4.78, 5) is 16.5. The van der Waals surface area contributed by atoms with Crippen molar-refractivity contribution in [1.29, 1.82) is 0 Å². The number of nitrogens with one attached hydrogen (secondary N) is 1. The van der Waals surface area contributed by atoms with Crippen molar-refractivity contribution in [1.82, 2.24) is 9.88 Å². The highest BCUT2D eigenvalue weighted by atomic mass is 16.5. The first-order valence-corrected chi connectivity index (χ1v) is 7.00. The van der Waals surface area contributed by atoms with Crippen molar-refractivity contribution in [2.24, 2.45) is 5.73 Å². The summed E-state index contributed by atoms with van der Waals surface area (Å²) in [6.07, 6.45) is 2.59. The predicted molar refractivity (Wildman–Crippen MR) is 78.0 cm³/mol. The monoisotopic (exact) mass is 273 g/mol. The van der Waals surface area contributed by atoms with Gasteiger partial charge in [0.05, 0.1) is 0 Å². The molecule has 1 aliphatic rings. The first kappa shape index (κ1) is 13.0. The molecule has 1 amide bonds. The number of aromatic amines is 1. The number of nitrogens with zero attached hydrogens (tertiary/aromatic N) is 1. The van der Waals surface area contributed by atoms with Crippen molar-refractivity contribution in [2.75, 3.05) is 26.2 Å². The van der Waals surface area contributed by atoms with Crippen molar-refractivity contribution in [3.05, 3.63) is 30.0 Å². The number of nitrogens with two attached hydrogens (primary N) is 1. The molecule has 0 aliphatic carbocycles. The van der Waals surface area contributed by atoms with Gasteiger partial charge in [-0.25, -0.2) is 0 Å². The smallest absolute Gasteiger partial charge is 0.265 e. The second-order valence-electron chi connectivity index (χ2n) is 5.19. The van der Waals surface area contributed by atoms with E-state index in [0.29, 0.717) is 12.3 Å². The number of hydrogen-bond donors (Lipinski definition) is 2. The standard InChI is InChI=1S/C15H19N3O2/c16-15(19)14-10-11-9-12(3-4-13(11)17-14)20-8-7-18-5-1-2-6-18/h3-4,9-10,17H,1-2,5-8H2,(H2,16,19). The fourth-order valence-corrected chi connectivity index (χ4v) is 2.63. The van der Waals surface area contributed by atoms with Crippen LogP contribution in [0.5, 0.6) is 5.75 Å². The number of amides is 1. The molecular weight excluding hydrogens is 254 g/mol. The molecule has 0 saturated carbocycles. The fourth-order valence-electron chi connectivity index (χ4n) is 2.63. The van der Waals surface area contributed by atoms with Crippen molar-refractivity contribution in [2.45, 2.75) is 12.8 Å². The molecule has 0 spiro atoms. The molecule has 3 rings (SSSR count). The van der Waals surface area contributed by atoms with E-state index in [0.717, 1.165) is 23.2 Å². The summed E-state index contributed by atoms with van der Waals surface area (Å²) in [5, 5.41) is 0.942. The van der Waals surface area contributed by atoms with Gasteiger partial charge in [0.2, 0.25) is 0 Å². The molecule has 3 N–H and O–H groups in total. The van der Waals surface area contributed by atoms with Gasteiger partial charge in [-0.05, 0) is 50.2 Å². The Hall–Kier alpha value is -2.01. The quantitative estimate of drug-likeness (QED) is 0.871. The summed E-state index contributed by atoms with van der Waals surface area (Å²) in [5.41, 5.74) is 6.58. The first-order valence-electron chi connectivity index (χ1n) is 7.00. The van der Waals surface area contributed by atoms with Crippen molar-refractivity contribution in [3.8, 4) is 5.75 Å². The summed E-state index contributed by atoms with van der Waals surface area (Å²) < 4.78 is 5.77.